The molecular formula is C18H18BrN3O2. The van der Waals surface area contributed by atoms with E-state index >= 15 is 0 Å². The van der Waals surface area contributed by atoms with Crippen molar-refractivity contribution in [2.24, 2.45) is 5.10 Å². The molecule has 5 nitrogen and oxygen atoms in total. The minimum atomic E-state index is -0.817. The van der Waals surface area contributed by atoms with Crippen LogP contribution >= 0.6 is 15.9 Å². The average molecular weight is 388 g/mol. The van der Waals surface area contributed by atoms with Gasteiger partial charge in [-0.25, -0.2) is 5.43 Å². The lowest BCUT2D eigenvalue weighted by molar-refractivity contribution is -0.136. The van der Waals surface area contributed by atoms with Crippen molar-refractivity contribution < 1.29 is 9.59 Å². The molecule has 2 aromatic rings. The van der Waals surface area contributed by atoms with Crippen LogP contribution in [0.1, 0.15) is 22.3 Å². The predicted octanol–water partition coefficient (Wildman–Crippen LogP) is 3.46. The number of halogens is 1. The first kappa shape index (κ1) is 17.9. The summed E-state index contributed by atoms with van der Waals surface area (Å²) in [4.78, 5) is 23.8. The molecule has 0 fully saturated rings. The van der Waals surface area contributed by atoms with Gasteiger partial charge < -0.3 is 5.32 Å². The second-order valence-corrected chi connectivity index (χ2v) is 6.39. The number of nitrogens with one attached hydrogen (secondary N) is 2. The van der Waals surface area contributed by atoms with Gasteiger partial charge in [-0.05, 0) is 49.6 Å². The number of rotatable bonds is 3. The smallest absolute Gasteiger partial charge is 0.317 e. The maximum atomic E-state index is 12.0. The first-order valence-electron chi connectivity index (χ1n) is 7.34. The summed E-state index contributed by atoms with van der Waals surface area (Å²) in [5.74, 6) is -1.57. The number of hydrogen-bond donors (Lipinski definition) is 2. The Balaban J connectivity index is 1.98. The molecule has 2 aromatic carbocycles. The fourth-order valence-corrected chi connectivity index (χ4v) is 2.58. The molecule has 0 spiro atoms. The Morgan fingerprint density at radius 2 is 1.58 bits per heavy atom. The first-order chi connectivity index (χ1) is 11.4. The summed E-state index contributed by atoms with van der Waals surface area (Å²) < 4.78 is 0.951. The number of amides is 2. The lowest BCUT2D eigenvalue weighted by atomic mass is 10.1. The van der Waals surface area contributed by atoms with Crippen molar-refractivity contribution >= 4 is 39.6 Å². The highest BCUT2D eigenvalue weighted by atomic mass is 79.9. The fourth-order valence-electron chi connectivity index (χ4n) is 2.31. The summed E-state index contributed by atoms with van der Waals surface area (Å²) in [7, 11) is 0. The van der Waals surface area contributed by atoms with Gasteiger partial charge in [-0.15, -0.1) is 0 Å². The summed E-state index contributed by atoms with van der Waals surface area (Å²) in [6.45, 7) is 5.76. The van der Waals surface area contributed by atoms with E-state index in [1.165, 1.54) is 6.21 Å². The van der Waals surface area contributed by atoms with Gasteiger partial charge in [0.05, 0.1) is 6.21 Å². The van der Waals surface area contributed by atoms with E-state index in [1.807, 2.05) is 57.2 Å². The van der Waals surface area contributed by atoms with Crippen LogP contribution in [0.3, 0.4) is 0 Å². The molecular weight excluding hydrogens is 370 g/mol. The quantitative estimate of drug-likeness (QED) is 0.480. The highest BCUT2D eigenvalue weighted by molar-refractivity contribution is 9.10. The summed E-state index contributed by atoms with van der Waals surface area (Å²) in [6, 6.07) is 11.3. The molecule has 0 aliphatic carbocycles. The van der Waals surface area contributed by atoms with Crippen LogP contribution in [-0.4, -0.2) is 18.0 Å². The second kappa shape index (κ2) is 7.88. The number of hydrazone groups is 1. The number of anilines is 1. The van der Waals surface area contributed by atoms with Crippen LogP contribution in [0.5, 0.6) is 0 Å². The second-order valence-electron chi connectivity index (χ2n) is 5.48. The van der Waals surface area contributed by atoms with Gasteiger partial charge in [-0.3, -0.25) is 9.59 Å². The minimum Gasteiger partial charge on any atom is -0.317 e. The molecule has 0 atom stereocenters. The van der Waals surface area contributed by atoms with Gasteiger partial charge in [-0.2, -0.15) is 5.10 Å². The number of carbonyl (C=O) groups excluding carboxylic acids is 2. The van der Waals surface area contributed by atoms with Crippen LogP contribution in [0.25, 0.3) is 0 Å². The van der Waals surface area contributed by atoms with E-state index in [2.05, 4.69) is 31.8 Å². The van der Waals surface area contributed by atoms with E-state index in [9.17, 15) is 9.59 Å². The molecule has 124 valence electrons. The molecule has 0 radical (unpaired) electrons. The lowest BCUT2D eigenvalue weighted by Gasteiger charge is -2.12. The van der Waals surface area contributed by atoms with Crippen LogP contribution in [0.2, 0.25) is 0 Å². The molecule has 2 amide bonds. The van der Waals surface area contributed by atoms with Crippen LogP contribution < -0.4 is 10.7 Å². The molecule has 6 heteroatoms. The van der Waals surface area contributed by atoms with Gasteiger partial charge in [-0.1, -0.05) is 45.8 Å². The molecule has 0 saturated carbocycles. The van der Waals surface area contributed by atoms with Gasteiger partial charge in [0.15, 0.2) is 0 Å². The number of hydrogen-bond acceptors (Lipinski definition) is 3. The Morgan fingerprint density at radius 1 is 1.00 bits per heavy atom. The predicted molar refractivity (Wildman–Crippen MR) is 99.2 cm³/mol. The molecule has 0 aliphatic rings. The van der Waals surface area contributed by atoms with E-state index in [0.717, 1.165) is 26.7 Å². The monoisotopic (exact) mass is 387 g/mol. The number of aryl methyl sites for hydroxylation is 3. The molecule has 0 aliphatic heterocycles. The van der Waals surface area contributed by atoms with Crippen molar-refractivity contribution in [3.05, 3.63) is 63.1 Å². The van der Waals surface area contributed by atoms with Crippen molar-refractivity contribution in [3.63, 3.8) is 0 Å². The fraction of sp³-hybridized carbons (Fsp3) is 0.167. The van der Waals surface area contributed by atoms with Gasteiger partial charge >= 0.3 is 11.8 Å². The standard InChI is InChI=1S/C18H18BrN3O2/c1-11-8-12(2)16(13(3)9-11)21-17(23)18(24)22-20-10-14-4-6-15(19)7-5-14/h4-10H,1-3H3,(H,21,23)(H,22,24)/b20-10+. The number of benzene rings is 2. The largest absolute Gasteiger partial charge is 0.329 e. The van der Waals surface area contributed by atoms with Crippen molar-refractivity contribution in [1.82, 2.24) is 5.43 Å². The SMILES string of the molecule is Cc1cc(C)c(NC(=O)C(=O)N/N=C/c2ccc(Br)cc2)c(C)c1. The Bertz CT molecular complexity index is 775. The van der Waals surface area contributed by atoms with Crippen molar-refractivity contribution in [2.45, 2.75) is 20.8 Å². The zero-order valence-electron chi connectivity index (χ0n) is 13.7. The number of nitrogens with zero attached hydrogens (tertiary/aromatic N) is 1. The average Bonchev–Trinajstić information content (AvgIpc) is 2.52. The summed E-state index contributed by atoms with van der Waals surface area (Å²) in [5.41, 5.74) is 6.60. The highest BCUT2D eigenvalue weighted by Crippen LogP contribution is 2.21. The molecule has 0 aromatic heterocycles. The van der Waals surface area contributed by atoms with Crippen LogP contribution in [0.15, 0.2) is 46.0 Å². The summed E-state index contributed by atoms with van der Waals surface area (Å²) in [6.07, 6.45) is 1.47. The van der Waals surface area contributed by atoms with Gasteiger partial charge in [0.2, 0.25) is 0 Å². The molecule has 0 bridgehead atoms. The number of carbonyl (C=O) groups is 2. The third kappa shape index (κ3) is 4.76. The topological polar surface area (TPSA) is 70.6 Å². The van der Waals surface area contributed by atoms with Crippen LogP contribution in [0.4, 0.5) is 5.69 Å². The van der Waals surface area contributed by atoms with Crippen molar-refractivity contribution in [3.8, 4) is 0 Å². The maximum absolute atomic E-state index is 12.0. The van der Waals surface area contributed by atoms with E-state index in [0.29, 0.717) is 5.69 Å². The molecule has 0 saturated heterocycles. The summed E-state index contributed by atoms with van der Waals surface area (Å²) >= 11 is 3.34. The van der Waals surface area contributed by atoms with Crippen molar-refractivity contribution in [2.75, 3.05) is 5.32 Å². The molecule has 2 N–H and O–H groups in total. The zero-order chi connectivity index (χ0) is 17.7. The maximum Gasteiger partial charge on any atom is 0.329 e. The normalized spacial score (nSPS) is 10.7. The first-order valence-corrected chi connectivity index (χ1v) is 8.14. The van der Waals surface area contributed by atoms with Crippen LogP contribution in [0, 0.1) is 20.8 Å². The molecule has 0 heterocycles. The van der Waals surface area contributed by atoms with Gasteiger partial charge in [0.1, 0.15) is 0 Å². The molecule has 0 unspecified atom stereocenters. The minimum absolute atomic E-state index is 0.651. The van der Waals surface area contributed by atoms with Crippen LogP contribution in [-0.2, 0) is 9.59 Å². The lowest BCUT2D eigenvalue weighted by Crippen LogP contribution is -2.32. The van der Waals surface area contributed by atoms with Gasteiger partial charge in [0, 0.05) is 10.2 Å². The molecule has 24 heavy (non-hydrogen) atoms. The molecule has 2 rings (SSSR count). The van der Waals surface area contributed by atoms with Gasteiger partial charge in [0.25, 0.3) is 0 Å². The third-order valence-corrected chi connectivity index (χ3v) is 3.90. The Kier molecular flexibility index (Phi) is 5.87. The van der Waals surface area contributed by atoms with E-state index in [-0.39, 0.29) is 0 Å². The summed E-state index contributed by atoms with van der Waals surface area (Å²) in [5, 5.41) is 6.42. The van der Waals surface area contributed by atoms with E-state index in [1.54, 1.807) is 0 Å². The van der Waals surface area contributed by atoms with Crippen molar-refractivity contribution in [1.29, 1.82) is 0 Å². The van der Waals surface area contributed by atoms with E-state index in [4.69, 9.17) is 0 Å². The Morgan fingerprint density at radius 3 is 2.17 bits per heavy atom. The Hall–Kier alpha value is -2.47. The Labute approximate surface area is 149 Å². The zero-order valence-corrected chi connectivity index (χ0v) is 15.3. The highest BCUT2D eigenvalue weighted by Gasteiger charge is 2.15. The van der Waals surface area contributed by atoms with E-state index < -0.39 is 11.8 Å². The third-order valence-electron chi connectivity index (χ3n) is 3.37.